The van der Waals surface area contributed by atoms with E-state index in [-0.39, 0.29) is 22.2 Å². The molecular formula is C17H18N8O5S3. The predicted octanol–water partition coefficient (Wildman–Crippen LogP) is 0.0147. The fourth-order valence-electron chi connectivity index (χ4n) is 3.29. The highest BCUT2D eigenvalue weighted by molar-refractivity contribution is 8.06. The number of rotatable bonds is 9. The van der Waals surface area contributed by atoms with Crippen molar-refractivity contribution in [3.8, 4) is 0 Å². The fraction of sp³-hybridized carbons (Fsp3) is 0.353. The number of hydrogen-bond acceptors (Lipinski definition) is 12. The number of β-lactam (4-membered cyclic amide) rings is 1. The number of aliphatic carboxylic acids is 1. The summed E-state index contributed by atoms with van der Waals surface area (Å²) >= 11 is 3.81. The normalized spacial score (nSPS) is 20.4. The second-order valence-corrected chi connectivity index (χ2v) is 10.0. The van der Waals surface area contributed by atoms with Crippen molar-refractivity contribution in [2.24, 2.45) is 5.16 Å². The summed E-state index contributed by atoms with van der Waals surface area (Å²) in [6.45, 7) is 0.647. The number of thiazole rings is 1. The summed E-state index contributed by atoms with van der Waals surface area (Å²) < 4.78 is 1.69. The number of carboxylic acids is 1. The highest BCUT2D eigenvalue weighted by atomic mass is 32.2. The first-order valence-corrected chi connectivity index (χ1v) is 12.4. The third-order valence-electron chi connectivity index (χ3n) is 4.78. The molecule has 4 rings (SSSR count). The van der Waals surface area contributed by atoms with E-state index in [1.807, 2.05) is 0 Å². The Bertz CT molecular complexity index is 1130. The van der Waals surface area contributed by atoms with Crippen LogP contribution < -0.4 is 11.1 Å². The summed E-state index contributed by atoms with van der Waals surface area (Å²) in [5, 5.41) is 33.1. The van der Waals surface area contributed by atoms with E-state index >= 15 is 0 Å². The van der Waals surface area contributed by atoms with Crippen LogP contribution >= 0.6 is 34.9 Å². The van der Waals surface area contributed by atoms with Crippen molar-refractivity contribution in [1.82, 2.24) is 30.2 Å². The Morgan fingerprint density at radius 2 is 2.24 bits per heavy atom. The smallest absolute Gasteiger partial charge is 0.353 e. The van der Waals surface area contributed by atoms with Crippen LogP contribution in [0.1, 0.15) is 12.1 Å². The lowest BCUT2D eigenvalue weighted by atomic mass is 10.0. The second-order valence-electron chi connectivity index (χ2n) is 6.83. The van der Waals surface area contributed by atoms with Crippen LogP contribution in [0.4, 0.5) is 5.13 Å². The SMILES string of the molecule is Nc1nc(/C(=N/O)C(=O)N[C@@H]2C(=O)N3C(C(=O)O)=C(SCCCn4ccnn4)CS[C@H]23)cs1. The molecule has 4 heterocycles. The van der Waals surface area contributed by atoms with Gasteiger partial charge in [0.2, 0.25) is 0 Å². The fourth-order valence-corrected chi connectivity index (χ4v) is 6.42. The largest absolute Gasteiger partial charge is 0.477 e. The maximum atomic E-state index is 12.8. The summed E-state index contributed by atoms with van der Waals surface area (Å²) in [6, 6.07) is -0.955. The minimum atomic E-state index is -1.20. The first-order chi connectivity index (χ1) is 15.9. The molecule has 13 nitrogen and oxygen atoms in total. The van der Waals surface area contributed by atoms with E-state index in [0.717, 1.165) is 17.8 Å². The van der Waals surface area contributed by atoms with E-state index in [9.17, 15) is 24.7 Å². The molecule has 0 aliphatic carbocycles. The highest BCUT2D eigenvalue weighted by Crippen LogP contribution is 2.43. The molecule has 33 heavy (non-hydrogen) atoms. The number of nitrogens with zero attached hydrogens (tertiary/aromatic N) is 6. The van der Waals surface area contributed by atoms with Crippen molar-refractivity contribution in [1.29, 1.82) is 0 Å². The Labute approximate surface area is 199 Å². The number of thioether (sulfide) groups is 2. The Morgan fingerprint density at radius 1 is 1.42 bits per heavy atom. The minimum Gasteiger partial charge on any atom is -0.477 e. The van der Waals surface area contributed by atoms with Crippen LogP contribution in [-0.4, -0.2) is 81.6 Å². The van der Waals surface area contributed by atoms with Gasteiger partial charge < -0.3 is 21.4 Å². The molecular weight excluding hydrogens is 492 g/mol. The van der Waals surface area contributed by atoms with Crippen molar-refractivity contribution in [3.05, 3.63) is 34.1 Å². The molecule has 5 N–H and O–H groups in total. The number of amides is 2. The molecule has 0 unspecified atom stereocenters. The average Bonchev–Trinajstić information content (AvgIpc) is 3.46. The van der Waals surface area contributed by atoms with Crippen molar-refractivity contribution in [3.63, 3.8) is 0 Å². The number of hydrogen-bond donors (Lipinski definition) is 4. The molecule has 2 aliphatic heterocycles. The van der Waals surface area contributed by atoms with Gasteiger partial charge in [0.1, 0.15) is 22.8 Å². The van der Waals surface area contributed by atoms with Crippen molar-refractivity contribution < 1.29 is 24.7 Å². The van der Waals surface area contributed by atoms with Crippen molar-refractivity contribution >= 4 is 63.5 Å². The van der Waals surface area contributed by atoms with Crippen LogP contribution in [0.15, 0.2) is 33.5 Å². The molecule has 1 saturated heterocycles. The molecule has 16 heteroatoms. The van der Waals surface area contributed by atoms with Gasteiger partial charge in [0.15, 0.2) is 10.8 Å². The van der Waals surface area contributed by atoms with Gasteiger partial charge in [0.05, 0.1) is 6.20 Å². The molecule has 0 radical (unpaired) electrons. The molecule has 0 bridgehead atoms. The first-order valence-electron chi connectivity index (χ1n) is 9.53. The second kappa shape index (κ2) is 9.80. The Balaban J connectivity index is 1.40. The standard InChI is InChI=1S/C17H18N8O5S3/c18-17-20-8(6-33-17)10(22-30)13(26)21-11-14(27)25-12(16(28)29)9(7-32-15(11)25)31-5-1-3-24-4-2-19-23-24/h2,4,6,11,15,30H,1,3,5,7H2,(H2,18,20)(H,21,26)(H,28,29)/b22-10-/t11-,15-/m1/s1. The predicted molar refractivity (Wildman–Crippen MR) is 122 cm³/mol. The van der Waals surface area contributed by atoms with Gasteiger partial charge in [-0.2, -0.15) is 0 Å². The minimum absolute atomic E-state index is 0.0664. The van der Waals surface area contributed by atoms with Gasteiger partial charge in [-0.3, -0.25) is 19.2 Å². The van der Waals surface area contributed by atoms with Crippen LogP contribution in [0.2, 0.25) is 0 Å². The summed E-state index contributed by atoms with van der Waals surface area (Å²) in [5.41, 5.74) is 5.18. The van der Waals surface area contributed by atoms with Crippen LogP contribution in [-0.2, 0) is 20.9 Å². The first kappa shape index (κ1) is 23.1. The van der Waals surface area contributed by atoms with Gasteiger partial charge >= 0.3 is 5.97 Å². The third kappa shape index (κ3) is 4.67. The molecule has 2 aromatic rings. The van der Waals surface area contributed by atoms with Gasteiger partial charge in [-0.15, -0.1) is 40.0 Å². The quantitative estimate of drug-likeness (QED) is 0.117. The maximum absolute atomic E-state index is 12.8. The Morgan fingerprint density at radius 3 is 2.88 bits per heavy atom. The van der Waals surface area contributed by atoms with Crippen LogP contribution in [0.3, 0.4) is 0 Å². The monoisotopic (exact) mass is 510 g/mol. The van der Waals surface area contributed by atoms with E-state index in [1.54, 1.807) is 17.1 Å². The summed E-state index contributed by atoms with van der Waals surface area (Å²) in [5.74, 6) is -1.52. The number of aryl methyl sites for hydroxylation is 1. The van der Waals surface area contributed by atoms with Gasteiger partial charge in [-0.25, -0.2) is 9.78 Å². The van der Waals surface area contributed by atoms with E-state index < -0.39 is 29.2 Å². The van der Waals surface area contributed by atoms with Crippen LogP contribution in [0.5, 0.6) is 0 Å². The summed E-state index contributed by atoms with van der Waals surface area (Å²) in [7, 11) is 0. The number of carbonyl (C=O) groups excluding carboxylic acids is 2. The number of nitrogen functional groups attached to an aromatic ring is 1. The molecule has 2 aliphatic rings. The lowest BCUT2D eigenvalue weighted by molar-refractivity contribution is -0.150. The number of aromatic nitrogens is 4. The molecule has 0 saturated carbocycles. The summed E-state index contributed by atoms with van der Waals surface area (Å²) in [4.78, 5) is 42.9. The number of carbonyl (C=O) groups is 3. The number of anilines is 1. The van der Waals surface area contributed by atoms with Gasteiger partial charge in [-0.1, -0.05) is 10.4 Å². The van der Waals surface area contributed by atoms with Gasteiger partial charge in [-0.05, 0) is 12.2 Å². The Kier molecular flexibility index (Phi) is 6.85. The zero-order chi connectivity index (χ0) is 23.5. The molecule has 2 atom stereocenters. The molecule has 0 aromatic carbocycles. The lowest BCUT2D eigenvalue weighted by Crippen LogP contribution is -2.71. The summed E-state index contributed by atoms with van der Waals surface area (Å²) in [6.07, 6.45) is 4.08. The van der Waals surface area contributed by atoms with Crippen LogP contribution in [0.25, 0.3) is 0 Å². The average molecular weight is 511 g/mol. The number of oxime groups is 1. The van der Waals surface area contributed by atoms with E-state index in [0.29, 0.717) is 23.0 Å². The number of nitrogens with two attached hydrogens (primary N) is 1. The topological polar surface area (TPSA) is 189 Å². The Hall–Kier alpha value is -3.11. The molecule has 174 valence electrons. The maximum Gasteiger partial charge on any atom is 0.353 e. The van der Waals surface area contributed by atoms with Crippen molar-refractivity contribution in [2.75, 3.05) is 17.2 Å². The highest BCUT2D eigenvalue weighted by Gasteiger charge is 2.54. The molecule has 0 spiro atoms. The van der Waals surface area contributed by atoms with E-state index in [1.165, 1.54) is 33.8 Å². The van der Waals surface area contributed by atoms with E-state index in [4.69, 9.17) is 5.73 Å². The van der Waals surface area contributed by atoms with Crippen LogP contribution in [0, 0.1) is 0 Å². The number of carboxylic acid groups (broad SMARTS) is 1. The zero-order valence-corrected chi connectivity index (χ0v) is 19.3. The van der Waals surface area contributed by atoms with Gasteiger partial charge in [0.25, 0.3) is 11.8 Å². The molecule has 1 fully saturated rings. The lowest BCUT2D eigenvalue weighted by Gasteiger charge is -2.49. The number of fused-ring (bicyclic) bond motifs is 1. The molecule has 2 amide bonds. The molecule has 2 aromatic heterocycles. The zero-order valence-electron chi connectivity index (χ0n) is 16.8. The number of nitrogens with one attached hydrogen (secondary N) is 1. The third-order valence-corrected chi connectivity index (χ3v) is 8.10. The van der Waals surface area contributed by atoms with Gasteiger partial charge in [0, 0.05) is 28.8 Å². The van der Waals surface area contributed by atoms with Crippen molar-refractivity contribution in [2.45, 2.75) is 24.4 Å². The van der Waals surface area contributed by atoms with E-state index in [2.05, 4.69) is 25.8 Å².